The lowest BCUT2D eigenvalue weighted by molar-refractivity contribution is -0.117. The first-order valence-electron chi connectivity index (χ1n) is 6.65. The number of nitrogens with two attached hydrogens (primary N) is 1. The number of nitrogens with zero attached hydrogens (tertiary/aromatic N) is 1. The molecular weight excluding hydrogens is 256 g/mol. The van der Waals surface area contributed by atoms with Crippen LogP contribution in [0.2, 0.25) is 0 Å². The predicted molar refractivity (Wildman–Crippen MR) is 80.5 cm³/mol. The van der Waals surface area contributed by atoms with E-state index in [4.69, 9.17) is 5.73 Å². The van der Waals surface area contributed by atoms with Crippen molar-refractivity contribution in [3.63, 3.8) is 0 Å². The van der Waals surface area contributed by atoms with E-state index in [1.54, 1.807) is 24.3 Å². The number of benzene rings is 1. The third-order valence-electron chi connectivity index (χ3n) is 2.75. The van der Waals surface area contributed by atoms with Gasteiger partial charge in [-0.3, -0.25) is 14.5 Å². The molecule has 1 aromatic carbocycles. The van der Waals surface area contributed by atoms with Gasteiger partial charge >= 0.3 is 0 Å². The zero-order valence-electron chi connectivity index (χ0n) is 12.0. The summed E-state index contributed by atoms with van der Waals surface area (Å²) in [5.41, 5.74) is 6.89. The average molecular weight is 278 g/mol. The molecule has 0 aliphatic carbocycles. The van der Waals surface area contributed by atoms with Crippen molar-refractivity contribution in [3.8, 4) is 0 Å². The molecule has 110 valence electrons. The van der Waals surface area contributed by atoms with Crippen molar-refractivity contribution < 1.29 is 9.59 Å². The molecule has 1 rings (SSSR count). The van der Waals surface area contributed by atoms with Gasteiger partial charge < -0.3 is 16.4 Å². The Morgan fingerprint density at radius 3 is 2.15 bits per heavy atom. The molecule has 0 atom stereocenters. The fourth-order valence-corrected chi connectivity index (χ4v) is 1.78. The summed E-state index contributed by atoms with van der Waals surface area (Å²) in [7, 11) is 0. The third kappa shape index (κ3) is 5.81. The molecule has 1 aromatic rings. The Morgan fingerprint density at radius 1 is 1.15 bits per heavy atom. The number of carbonyl (C=O) groups excluding carboxylic acids is 2. The van der Waals surface area contributed by atoms with Crippen molar-refractivity contribution in [3.05, 3.63) is 24.3 Å². The fraction of sp³-hybridized carbons (Fsp3) is 0.429. The van der Waals surface area contributed by atoms with Crippen molar-refractivity contribution in [2.75, 3.05) is 36.8 Å². The summed E-state index contributed by atoms with van der Waals surface area (Å²) in [6, 6.07) is 6.99. The summed E-state index contributed by atoms with van der Waals surface area (Å²) in [6.07, 6.45) is 0. The lowest BCUT2D eigenvalue weighted by Crippen LogP contribution is -2.36. The van der Waals surface area contributed by atoms with Crippen LogP contribution in [0.4, 0.5) is 11.4 Å². The first-order valence-corrected chi connectivity index (χ1v) is 6.65. The second-order valence-electron chi connectivity index (χ2n) is 4.46. The van der Waals surface area contributed by atoms with Crippen LogP contribution >= 0.6 is 0 Å². The van der Waals surface area contributed by atoms with Gasteiger partial charge in [0.05, 0.1) is 6.54 Å². The minimum Gasteiger partial charge on any atom is -0.329 e. The van der Waals surface area contributed by atoms with Gasteiger partial charge in [-0.2, -0.15) is 0 Å². The standard InChI is InChI=1S/C14H22N4O2/c1-3-18(9-8-15)10-14(20)17-13-6-4-12(5-7-13)16-11(2)19/h4-7H,3,8-10,15H2,1-2H3,(H,16,19)(H,17,20). The summed E-state index contributed by atoms with van der Waals surface area (Å²) < 4.78 is 0. The number of nitrogens with one attached hydrogen (secondary N) is 2. The molecule has 6 nitrogen and oxygen atoms in total. The van der Waals surface area contributed by atoms with Gasteiger partial charge in [-0.25, -0.2) is 0 Å². The summed E-state index contributed by atoms with van der Waals surface area (Å²) >= 11 is 0. The Bertz CT molecular complexity index is 445. The van der Waals surface area contributed by atoms with Crippen LogP contribution in [0.5, 0.6) is 0 Å². The topological polar surface area (TPSA) is 87.5 Å². The van der Waals surface area contributed by atoms with E-state index in [1.807, 2.05) is 11.8 Å². The van der Waals surface area contributed by atoms with Crippen LogP contribution in [-0.4, -0.2) is 42.9 Å². The summed E-state index contributed by atoms with van der Waals surface area (Å²) in [4.78, 5) is 24.7. The van der Waals surface area contributed by atoms with Gasteiger partial charge in [0.15, 0.2) is 0 Å². The highest BCUT2D eigenvalue weighted by molar-refractivity contribution is 5.93. The number of rotatable bonds is 7. The molecule has 0 heterocycles. The van der Waals surface area contributed by atoms with E-state index in [0.717, 1.165) is 6.54 Å². The maximum atomic E-state index is 11.9. The van der Waals surface area contributed by atoms with Crippen LogP contribution in [0.15, 0.2) is 24.3 Å². The van der Waals surface area contributed by atoms with Gasteiger partial charge in [0.1, 0.15) is 0 Å². The Morgan fingerprint density at radius 2 is 1.70 bits per heavy atom. The number of amides is 2. The first kappa shape index (κ1) is 16.1. The molecule has 2 amide bonds. The van der Waals surface area contributed by atoms with Gasteiger partial charge in [0.25, 0.3) is 0 Å². The van der Waals surface area contributed by atoms with Gasteiger partial charge in [-0.1, -0.05) is 6.92 Å². The molecule has 0 aliphatic rings. The van der Waals surface area contributed by atoms with Crippen molar-refractivity contribution in [2.24, 2.45) is 5.73 Å². The van der Waals surface area contributed by atoms with E-state index in [-0.39, 0.29) is 11.8 Å². The van der Waals surface area contributed by atoms with E-state index in [0.29, 0.717) is 31.0 Å². The maximum Gasteiger partial charge on any atom is 0.238 e. The van der Waals surface area contributed by atoms with Crippen LogP contribution in [-0.2, 0) is 9.59 Å². The summed E-state index contributed by atoms with van der Waals surface area (Å²) in [6.45, 7) is 5.78. The molecule has 0 bridgehead atoms. The molecule has 0 radical (unpaired) electrons. The van der Waals surface area contributed by atoms with Crippen LogP contribution in [0.3, 0.4) is 0 Å². The first-order chi connectivity index (χ1) is 9.55. The van der Waals surface area contributed by atoms with Gasteiger partial charge in [-0.05, 0) is 30.8 Å². The van der Waals surface area contributed by atoms with Gasteiger partial charge in [0.2, 0.25) is 11.8 Å². The Labute approximate surface area is 119 Å². The monoisotopic (exact) mass is 278 g/mol. The maximum absolute atomic E-state index is 11.9. The number of hydrogen-bond acceptors (Lipinski definition) is 4. The van der Waals surface area contributed by atoms with Gasteiger partial charge in [0, 0.05) is 31.4 Å². The third-order valence-corrected chi connectivity index (χ3v) is 2.75. The van der Waals surface area contributed by atoms with Crippen LogP contribution < -0.4 is 16.4 Å². The summed E-state index contributed by atoms with van der Waals surface area (Å²) in [5.74, 6) is -0.199. The van der Waals surface area contributed by atoms with E-state index in [2.05, 4.69) is 10.6 Å². The minimum absolute atomic E-state index is 0.0763. The molecule has 0 fully saturated rings. The van der Waals surface area contributed by atoms with Gasteiger partial charge in [-0.15, -0.1) is 0 Å². The fourth-order valence-electron chi connectivity index (χ4n) is 1.78. The molecule has 4 N–H and O–H groups in total. The number of carbonyl (C=O) groups is 2. The Kier molecular flexibility index (Phi) is 6.69. The molecule has 0 saturated heterocycles. The highest BCUT2D eigenvalue weighted by Crippen LogP contribution is 2.13. The lowest BCUT2D eigenvalue weighted by atomic mass is 10.2. The number of hydrogen-bond donors (Lipinski definition) is 3. The number of anilines is 2. The van der Waals surface area contributed by atoms with Crippen molar-refractivity contribution in [1.29, 1.82) is 0 Å². The predicted octanol–water partition coefficient (Wildman–Crippen LogP) is 0.864. The Hall–Kier alpha value is -1.92. The van der Waals surface area contributed by atoms with Crippen LogP contribution in [0.1, 0.15) is 13.8 Å². The normalized spacial score (nSPS) is 10.4. The SMILES string of the molecule is CCN(CCN)CC(=O)Nc1ccc(NC(C)=O)cc1. The van der Waals surface area contributed by atoms with Crippen LogP contribution in [0.25, 0.3) is 0 Å². The van der Waals surface area contributed by atoms with E-state index >= 15 is 0 Å². The highest BCUT2D eigenvalue weighted by atomic mass is 16.2. The average Bonchev–Trinajstić information content (AvgIpc) is 2.40. The molecule has 0 saturated carbocycles. The minimum atomic E-state index is -0.123. The molecule has 0 aromatic heterocycles. The zero-order valence-corrected chi connectivity index (χ0v) is 12.0. The quantitative estimate of drug-likeness (QED) is 0.690. The zero-order chi connectivity index (χ0) is 15.0. The molecule has 0 aliphatic heterocycles. The van der Waals surface area contributed by atoms with Crippen molar-refractivity contribution in [2.45, 2.75) is 13.8 Å². The molecule has 6 heteroatoms. The second-order valence-corrected chi connectivity index (χ2v) is 4.46. The summed E-state index contributed by atoms with van der Waals surface area (Å²) in [5, 5.41) is 5.48. The van der Waals surface area contributed by atoms with E-state index < -0.39 is 0 Å². The Balaban J connectivity index is 2.51. The number of likely N-dealkylation sites (N-methyl/N-ethyl adjacent to an activating group) is 1. The lowest BCUT2D eigenvalue weighted by Gasteiger charge is -2.18. The van der Waals surface area contributed by atoms with Crippen molar-refractivity contribution >= 4 is 23.2 Å². The largest absolute Gasteiger partial charge is 0.329 e. The van der Waals surface area contributed by atoms with E-state index in [9.17, 15) is 9.59 Å². The van der Waals surface area contributed by atoms with Crippen LogP contribution in [0, 0.1) is 0 Å². The highest BCUT2D eigenvalue weighted by Gasteiger charge is 2.08. The molecule has 0 spiro atoms. The second kappa shape index (κ2) is 8.29. The smallest absolute Gasteiger partial charge is 0.238 e. The van der Waals surface area contributed by atoms with E-state index in [1.165, 1.54) is 6.92 Å². The molecule has 20 heavy (non-hydrogen) atoms. The molecule has 0 unspecified atom stereocenters. The molecular formula is C14H22N4O2. The van der Waals surface area contributed by atoms with Crippen molar-refractivity contribution in [1.82, 2.24) is 4.90 Å².